The molecule has 0 heterocycles. The molecule has 0 aromatic heterocycles. The van der Waals surface area contributed by atoms with E-state index >= 15 is 0 Å². The lowest BCUT2D eigenvalue weighted by atomic mass is 10.0. The Morgan fingerprint density at radius 2 is 0.636 bits per heavy atom. The van der Waals surface area contributed by atoms with Gasteiger partial charge in [-0.2, -0.15) is 0 Å². The second-order valence-electron chi connectivity index (χ2n) is 14.4. The SMILES string of the molecule is CC(C)CCCCCCCCCCCCCCCCCC(=O)OC[C@H](O)COC(=O)CCCCCCCCCCCC(C)C. The molecule has 0 fully saturated rings. The number of esters is 2. The maximum Gasteiger partial charge on any atom is 0.305 e. The molecule has 0 aromatic carbocycles. The van der Waals surface area contributed by atoms with Gasteiger partial charge in [0.05, 0.1) is 0 Å². The molecule has 1 N–H and O–H groups in total. The van der Waals surface area contributed by atoms with Gasteiger partial charge in [0, 0.05) is 12.8 Å². The molecule has 0 spiro atoms. The molecule has 262 valence electrons. The summed E-state index contributed by atoms with van der Waals surface area (Å²) in [6.45, 7) is 9.00. The van der Waals surface area contributed by atoms with Gasteiger partial charge in [0.15, 0.2) is 0 Å². The minimum Gasteiger partial charge on any atom is -0.463 e. The van der Waals surface area contributed by atoms with E-state index in [2.05, 4.69) is 27.7 Å². The van der Waals surface area contributed by atoms with Gasteiger partial charge in [-0.3, -0.25) is 9.59 Å². The Balaban J connectivity index is 3.38. The third-order valence-electron chi connectivity index (χ3n) is 8.70. The summed E-state index contributed by atoms with van der Waals surface area (Å²) in [4.78, 5) is 23.9. The van der Waals surface area contributed by atoms with Crippen LogP contribution in [0.5, 0.6) is 0 Å². The van der Waals surface area contributed by atoms with Crippen molar-refractivity contribution >= 4 is 11.9 Å². The zero-order chi connectivity index (χ0) is 32.5. The fourth-order valence-electron chi connectivity index (χ4n) is 5.75. The number of aliphatic hydroxyl groups is 1. The standard InChI is InChI=1S/C39H76O5/c1-35(2)29-25-21-17-13-10-8-6-5-7-9-11-15-19-23-27-31-38(41)43-33-37(40)34-44-39(42)32-28-24-20-16-12-14-18-22-26-30-36(3)4/h35-37,40H,5-34H2,1-4H3/t37-/m0/s1. The Bertz CT molecular complexity index is 618. The van der Waals surface area contributed by atoms with Crippen LogP contribution >= 0.6 is 0 Å². The van der Waals surface area contributed by atoms with Crippen LogP contribution in [0.25, 0.3) is 0 Å². The highest BCUT2D eigenvalue weighted by molar-refractivity contribution is 5.69. The van der Waals surface area contributed by atoms with Crippen LogP contribution in [-0.2, 0) is 19.1 Å². The topological polar surface area (TPSA) is 72.8 Å². The van der Waals surface area contributed by atoms with Crippen molar-refractivity contribution in [2.24, 2.45) is 11.8 Å². The summed E-state index contributed by atoms with van der Waals surface area (Å²) in [5.41, 5.74) is 0. The van der Waals surface area contributed by atoms with Gasteiger partial charge in [-0.05, 0) is 24.7 Å². The first-order chi connectivity index (χ1) is 21.3. The average Bonchev–Trinajstić information content (AvgIpc) is 2.98. The van der Waals surface area contributed by atoms with Gasteiger partial charge in [-0.15, -0.1) is 0 Å². The largest absolute Gasteiger partial charge is 0.463 e. The summed E-state index contributed by atoms with van der Waals surface area (Å²) >= 11 is 0. The smallest absolute Gasteiger partial charge is 0.305 e. The summed E-state index contributed by atoms with van der Waals surface area (Å²) in [6, 6.07) is 0. The fourth-order valence-corrected chi connectivity index (χ4v) is 5.75. The van der Waals surface area contributed by atoms with Crippen LogP contribution < -0.4 is 0 Å². The van der Waals surface area contributed by atoms with E-state index in [1.54, 1.807) is 0 Å². The van der Waals surface area contributed by atoms with Crippen molar-refractivity contribution in [3.05, 3.63) is 0 Å². The van der Waals surface area contributed by atoms with E-state index in [1.165, 1.54) is 135 Å². The third kappa shape index (κ3) is 35.4. The minimum atomic E-state index is -0.956. The first kappa shape index (κ1) is 42.9. The summed E-state index contributed by atoms with van der Waals surface area (Å²) in [6.07, 6.45) is 33.0. The van der Waals surface area contributed by atoms with Crippen LogP contribution in [0, 0.1) is 11.8 Å². The van der Waals surface area contributed by atoms with Crippen LogP contribution in [0.3, 0.4) is 0 Å². The van der Waals surface area contributed by atoms with Crippen molar-refractivity contribution in [3.8, 4) is 0 Å². The van der Waals surface area contributed by atoms with Crippen molar-refractivity contribution in [3.63, 3.8) is 0 Å². The molecule has 0 aromatic rings. The molecule has 0 aliphatic rings. The zero-order valence-electron chi connectivity index (χ0n) is 30.0. The minimum absolute atomic E-state index is 0.109. The van der Waals surface area contributed by atoms with Crippen molar-refractivity contribution in [1.82, 2.24) is 0 Å². The van der Waals surface area contributed by atoms with Crippen LogP contribution in [-0.4, -0.2) is 36.4 Å². The number of hydrogen-bond donors (Lipinski definition) is 1. The Kier molecular flexibility index (Phi) is 32.4. The van der Waals surface area contributed by atoms with Gasteiger partial charge in [0.25, 0.3) is 0 Å². The molecule has 5 nitrogen and oxygen atoms in total. The fraction of sp³-hybridized carbons (Fsp3) is 0.949. The molecule has 0 radical (unpaired) electrons. The summed E-state index contributed by atoms with van der Waals surface area (Å²) < 4.78 is 10.3. The van der Waals surface area contributed by atoms with E-state index in [0.717, 1.165) is 43.9 Å². The normalized spacial score (nSPS) is 12.2. The van der Waals surface area contributed by atoms with Crippen molar-refractivity contribution in [1.29, 1.82) is 0 Å². The molecule has 0 bridgehead atoms. The number of ether oxygens (including phenoxy) is 2. The Labute approximate surface area is 274 Å². The number of carbonyl (C=O) groups is 2. The van der Waals surface area contributed by atoms with Gasteiger partial charge in [-0.25, -0.2) is 0 Å². The third-order valence-corrected chi connectivity index (χ3v) is 8.70. The molecule has 0 aliphatic heterocycles. The molecule has 5 heteroatoms. The molecule has 0 amide bonds. The highest BCUT2D eigenvalue weighted by Crippen LogP contribution is 2.16. The van der Waals surface area contributed by atoms with Gasteiger partial charge in [0.1, 0.15) is 19.3 Å². The highest BCUT2D eigenvalue weighted by Gasteiger charge is 2.12. The van der Waals surface area contributed by atoms with E-state index in [4.69, 9.17) is 9.47 Å². The quantitative estimate of drug-likeness (QED) is 0.0569. The van der Waals surface area contributed by atoms with E-state index in [-0.39, 0.29) is 25.2 Å². The van der Waals surface area contributed by atoms with Crippen molar-refractivity contribution in [2.45, 2.75) is 214 Å². The lowest BCUT2D eigenvalue weighted by Gasteiger charge is -2.12. The molecule has 1 atom stereocenters. The average molecular weight is 625 g/mol. The van der Waals surface area contributed by atoms with Gasteiger partial charge in [0.2, 0.25) is 0 Å². The predicted octanol–water partition coefficient (Wildman–Crippen LogP) is 11.7. The lowest BCUT2D eigenvalue weighted by molar-refractivity contribution is -0.152. The number of rotatable bonds is 34. The van der Waals surface area contributed by atoms with E-state index in [0.29, 0.717) is 12.8 Å². The van der Waals surface area contributed by atoms with E-state index in [1.807, 2.05) is 0 Å². The van der Waals surface area contributed by atoms with Crippen LogP contribution in [0.4, 0.5) is 0 Å². The second kappa shape index (κ2) is 33.3. The molecule has 0 saturated heterocycles. The number of unbranched alkanes of at least 4 members (excludes halogenated alkanes) is 22. The molecule has 0 unspecified atom stereocenters. The molecule has 0 saturated carbocycles. The van der Waals surface area contributed by atoms with E-state index < -0.39 is 6.10 Å². The van der Waals surface area contributed by atoms with Crippen LogP contribution in [0.15, 0.2) is 0 Å². The summed E-state index contributed by atoms with van der Waals surface area (Å²) in [5, 5.41) is 9.99. The summed E-state index contributed by atoms with van der Waals surface area (Å²) in [5.74, 6) is 1.12. The lowest BCUT2D eigenvalue weighted by Crippen LogP contribution is -2.25. The Morgan fingerprint density at radius 3 is 0.886 bits per heavy atom. The maximum absolute atomic E-state index is 12.0. The van der Waals surface area contributed by atoms with Crippen molar-refractivity contribution < 1.29 is 24.2 Å². The monoisotopic (exact) mass is 625 g/mol. The second-order valence-corrected chi connectivity index (χ2v) is 14.4. The van der Waals surface area contributed by atoms with Crippen LogP contribution in [0.2, 0.25) is 0 Å². The number of aliphatic hydroxyl groups excluding tert-OH is 1. The maximum atomic E-state index is 12.0. The zero-order valence-corrected chi connectivity index (χ0v) is 30.0. The van der Waals surface area contributed by atoms with Crippen LogP contribution in [0.1, 0.15) is 207 Å². The molecule has 0 aliphatic carbocycles. The molecular formula is C39H76O5. The summed E-state index contributed by atoms with van der Waals surface area (Å²) in [7, 11) is 0. The van der Waals surface area contributed by atoms with Crippen molar-refractivity contribution in [2.75, 3.05) is 13.2 Å². The molecule has 44 heavy (non-hydrogen) atoms. The van der Waals surface area contributed by atoms with Gasteiger partial charge < -0.3 is 14.6 Å². The Morgan fingerprint density at radius 1 is 0.409 bits per heavy atom. The first-order valence-electron chi connectivity index (χ1n) is 19.3. The number of hydrogen-bond acceptors (Lipinski definition) is 5. The first-order valence-corrected chi connectivity index (χ1v) is 19.3. The molecular weight excluding hydrogens is 548 g/mol. The Hall–Kier alpha value is -1.10. The van der Waals surface area contributed by atoms with Gasteiger partial charge in [-0.1, -0.05) is 182 Å². The molecule has 0 rings (SSSR count). The van der Waals surface area contributed by atoms with E-state index in [9.17, 15) is 14.7 Å². The number of carbonyl (C=O) groups excluding carboxylic acids is 2. The highest BCUT2D eigenvalue weighted by atomic mass is 16.6. The predicted molar refractivity (Wildman–Crippen MR) is 187 cm³/mol. The van der Waals surface area contributed by atoms with Gasteiger partial charge >= 0.3 is 11.9 Å².